The van der Waals surface area contributed by atoms with E-state index in [4.69, 9.17) is 27.9 Å². The van der Waals surface area contributed by atoms with Gasteiger partial charge in [0, 0.05) is 33.8 Å². The Morgan fingerprint density at radius 2 is 1.74 bits per heavy atom. The number of hydrogen-bond donors (Lipinski definition) is 1. The van der Waals surface area contributed by atoms with Gasteiger partial charge >= 0.3 is 5.97 Å². The number of nitrogens with zero attached hydrogens (tertiary/aromatic N) is 2. The summed E-state index contributed by atoms with van der Waals surface area (Å²) in [6, 6.07) is 14.3. The Bertz CT molecular complexity index is 1140. The summed E-state index contributed by atoms with van der Waals surface area (Å²) in [5, 5.41) is 8.59. The number of nitrogens with one attached hydrogen (secondary N) is 1. The van der Waals surface area contributed by atoms with Gasteiger partial charge in [-0.05, 0) is 74.2 Å². The van der Waals surface area contributed by atoms with Gasteiger partial charge in [0.05, 0.1) is 12.3 Å². The molecule has 0 bridgehead atoms. The molecular weight excluding hydrogens is 473 g/mol. The summed E-state index contributed by atoms with van der Waals surface area (Å²) in [6.45, 7) is 6.73. The van der Waals surface area contributed by atoms with E-state index in [2.05, 4.69) is 24.3 Å². The van der Waals surface area contributed by atoms with Crippen LogP contribution in [-0.2, 0) is 11.2 Å². The van der Waals surface area contributed by atoms with E-state index in [1.165, 1.54) is 0 Å². The van der Waals surface area contributed by atoms with Gasteiger partial charge in [-0.2, -0.15) is 5.10 Å². The van der Waals surface area contributed by atoms with E-state index in [9.17, 15) is 9.59 Å². The van der Waals surface area contributed by atoms with Gasteiger partial charge in [0.25, 0.3) is 5.91 Å². The number of amides is 1. The minimum Gasteiger partial charge on any atom is -0.461 e. The van der Waals surface area contributed by atoms with Crippen LogP contribution in [0.15, 0.2) is 48.5 Å². The molecule has 0 unspecified atom stereocenters. The number of carbonyl (C=O) groups excluding carboxylic acids is 2. The maximum absolute atomic E-state index is 12.6. The molecule has 2 aromatic carbocycles. The van der Waals surface area contributed by atoms with Crippen LogP contribution in [0.4, 0.5) is 0 Å². The monoisotopic (exact) mass is 501 g/mol. The first kappa shape index (κ1) is 25.8. The molecule has 180 valence electrons. The van der Waals surface area contributed by atoms with Crippen LogP contribution in [0.3, 0.4) is 0 Å². The normalized spacial score (nSPS) is 11.0. The molecule has 0 radical (unpaired) electrons. The van der Waals surface area contributed by atoms with E-state index in [1.807, 2.05) is 18.2 Å². The first-order chi connectivity index (χ1) is 16.4. The van der Waals surface area contributed by atoms with E-state index in [0.717, 1.165) is 29.8 Å². The summed E-state index contributed by atoms with van der Waals surface area (Å²) in [6.07, 6.45) is 2.44. The molecule has 0 spiro atoms. The summed E-state index contributed by atoms with van der Waals surface area (Å²) < 4.78 is 6.90. The summed E-state index contributed by atoms with van der Waals surface area (Å²) in [5.74, 6) is -0.367. The van der Waals surface area contributed by atoms with Crippen molar-refractivity contribution in [1.82, 2.24) is 15.1 Å². The Morgan fingerprint density at radius 1 is 1.03 bits per heavy atom. The highest BCUT2D eigenvalue weighted by atomic mass is 35.5. The summed E-state index contributed by atoms with van der Waals surface area (Å²) >= 11 is 12.1. The third kappa shape index (κ3) is 6.19. The molecule has 8 heteroatoms. The lowest BCUT2D eigenvalue weighted by Crippen LogP contribution is -2.25. The van der Waals surface area contributed by atoms with Gasteiger partial charge < -0.3 is 10.1 Å². The van der Waals surface area contributed by atoms with E-state index in [0.29, 0.717) is 35.2 Å². The quantitative estimate of drug-likeness (QED) is 0.334. The van der Waals surface area contributed by atoms with Crippen molar-refractivity contribution >= 4 is 35.1 Å². The maximum Gasteiger partial charge on any atom is 0.358 e. The van der Waals surface area contributed by atoms with Crippen molar-refractivity contribution in [1.29, 1.82) is 0 Å². The lowest BCUT2D eigenvalue weighted by Gasteiger charge is -2.15. The number of halogens is 2. The predicted molar refractivity (Wildman–Crippen MR) is 135 cm³/mol. The smallest absolute Gasteiger partial charge is 0.358 e. The van der Waals surface area contributed by atoms with Crippen LogP contribution < -0.4 is 5.32 Å². The van der Waals surface area contributed by atoms with Crippen molar-refractivity contribution in [3.05, 3.63) is 81.1 Å². The first-order valence-electron chi connectivity index (χ1n) is 11.5. The minimum absolute atomic E-state index is 0.176. The van der Waals surface area contributed by atoms with E-state index >= 15 is 0 Å². The zero-order chi connectivity index (χ0) is 24.7. The third-order valence-electron chi connectivity index (χ3n) is 5.69. The van der Waals surface area contributed by atoms with Gasteiger partial charge in [0.15, 0.2) is 5.69 Å². The van der Waals surface area contributed by atoms with Crippen LogP contribution in [0.5, 0.6) is 0 Å². The van der Waals surface area contributed by atoms with E-state index in [1.54, 1.807) is 41.9 Å². The molecule has 1 N–H and O–H groups in total. The van der Waals surface area contributed by atoms with E-state index < -0.39 is 5.97 Å². The summed E-state index contributed by atoms with van der Waals surface area (Å²) in [5.41, 5.74) is 3.47. The van der Waals surface area contributed by atoms with Gasteiger partial charge in [0.1, 0.15) is 0 Å². The van der Waals surface area contributed by atoms with Crippen molar-refractivity contribution in [2.75, 3.05) is 13.2 Å². The van der Waals surface area contributed by atoms with Crippen molar-refractivity contribution in [3.8, 4) is 5.69 Å². The Balaban J connectivity index is 1.73. The van der Waals surface area contributed by atoms with Crippen LogP contribution in [0.1, 0.15) is 71.6 Å². The Labute approximate surface area is 210 Å². The molecule has 0 fully saturated rings. The predicted octanol–water partition coefficient (Wildman–Crippen LogP) is 6.23. The second-order valence-electron chi connectivity index (χ2n) is 7.89. The number of hydrogen-bond acceptors (Lipinski definition) is 4. The molecule has 3 rings (SSSR count). The first-order valence-corrected chi connectivity index (χ1v) is 12.2. The van der Waals surface area contributed by atoms with Crippen LogP contribution in [0.2, 0.25) is 10.0 Å². The number of benzene rings is 2. The Morgan fingerprint density at radius 3 is 2.35 bits per heavy atom. The highest BCUT2D eigenvalue weighted by molar-refractivity contribution is 6.35. The van der Waals surface area contributed by atoms with Crippen LogP contribution >= 0.6 is 23.2 Å². The molecule has 34 heavy (non-hydrogen) atoms. The van der Waals surface area contributed by atoms with Crippen LogP contribution in [0, 0.1) is 0 Å². The van der Waals surface area contributed by atoms with Gasteiger partial charge in [-0.3, -0.25) is 4.79 Å². The topological polar surface area (TPSA) is 73.2 Å². The standard InChI is InChI=1S/C26H29Cl2N3O3/c1-4-17(5-2)24-16-23(26(33)34-6-3)30-31(24)21-11-8-19(9-12-21)25(32)29-14-13-18-7-10-20(27)15-22(18)28/h7-12,15-17H,4-6,13-14H2,1-3H3,(H,29,32). The number of aromatic nitrogens is 2. The number of esters is 1. The fourth-order valence-corrected chi connectivity index (χ4v) is 4.30. The molecule has 1 aromatic heterocycles. The van der Waals surface area contributed by atoms with Gasteiger partial charge in [-0.1, -0.05) is 43.1 Å². The maximum atomic E-state index is 12.6. The van der Waals surface area contributed by atoms with Gasteiger partial charge in [-0.15, -0.1) is 0 Å². The molecule has 3 aromatic rings. The Hall–Kier alpha value is -2.83. The SMILES string of the molecule is CCOC(=O)c1cc(C(CC)CC)n(-c2ccc(C(=O)NCCc3ccc(Cl)cc3Cl)cc2)n1. The lowest BCUT2D eigenvalue weighted by atomic mass is 9.99. The molecule has 0 atom stereocenters. The van der Waals surface area contributed by atoms with E-state index in [-0.39, 0.29) is 17.5 Å². The molecule has 6 nitrogen and oxygen atoms in total. The highest BCUT2D eigenvalue weighted by Crippen LogP contribution is 2.27. The molecule has 0 saturated carbocycles. The molecule has 0 aliphatic heterocycles. The zero-order valence-corrected chi connectivity index (χ0v) is 21.1. The minimum atomic E-state index is -0.440. The van der Waals surface area contributed by atoms with Crippen LogP contribution in [0.25, 0.3) is 5.69 Å². The fraction of sp³-hybridized carbons (Fsp3) is 0.346. The summed E-state index contributed by atoms with van der Waals surface area (Å²) in [7, 11) is 0. The van der Waals surface area contributed by atoms with Crippen molar-refractivity contribution in [2.45, 2.75) is 46.0 Å². The van der Waals surface area contributed by atoms with Gasteiger partial charge in [0.2, 0.25) is 0 Å². The fourth-order valence-electron chi connectivity index (χ4n) is 3.80. The Kier molecular flexibility index (Phi) is 9.13. The second kappa shape index (κ2) is 12.0. The third-order valence-corrected chi connectivity index (χ3v) is 6.28. The lowest BCUT2D eigenvalue weighted by molar-refractivity contribution is 0.0518. The molecule has 1 amide bonds. The van der Waals surface area contributed by atoms with Gasteiger partial charge in [-0.25, -0.2) is 9.48 Å². The zero-order valence-electron chi connectivity index (χ0n) is 19.6. The number of carbonyl (C=O) groups is 2. The van der Waals surface area contributed by atoms with Crippen LogP contribution in [-0.4, -0.2) is 34.8 Å². The average Bonchev–Trinajstić information content (AvgIpc) is 3.27. The molecule has 0 aliphatic carbocycles. The van der Waals surface area contributed by atoms with Crippen molar-refractivity contribution in [3.63, 3.8) is 0 Å². The molecule has 0 aliphatic rings. The number of rotatable bonds is 10. The number of ether oxygens (including phenoxy) is 1. The highest BCUT2D eigenvalue weighted by Gasteiger charge is 2.21. The largest absolute Gasteiger partial charge is 0.461 e. The average molecular weight is 502 g/mol. The second-order valence-corrected chi connectivity index (χ2v) is 8.73. The molecular formula is C26H29Cl2N3O3. The summed E-state index contributed by atoms with van der Waals surface area (Å²) in [4.78, 5) is 24.9. The van der Waals surface area contributed by atoms with Crippen molar-refractivity contribution in [2.24, 2.45) is 0 Å². The molecule has 1 heterocycles. The molecule has 0 saturated heterocycles. The van der Waals surface area contributed by atoms with Crippen molar-refractivity contribution < 1.29 is 14.3 Å².